The summed E-state index contributed by atoms with van der Waals surface area (Å²) in [5.74, 6) is -0.133. The fourth-order valence-electron chi connectivity index (χ4n) is 2.68. The van der Waals surface area contributed by atoms with Crippen LogP contribution in [-0.2, 0) is 0 Å². The predicted octanol–water partition coefficient (Wildman–Crippen LogP) is 3.18. The summed E-state index contributed by atoms with van der Waals surface area (Å²) < 4.78 is 1.50. The second kappa shape index (κ2) is 5.54. The van der Waals surface area contributed by atoms with Gasteiger partial charge in [-0.15, -0.1) is 17.7 Å². The minimum absolute atomic E-state index is 0.0293. The SMILES string of the molecule is Oc1ccc(-n2nnc(S)c2-c2cccc3ncccc23)c(O)c1. The first-order chi connectivity index (χ1) is 11.6. The Hall–Kier alpha value is -3.06. The van der Waals surface area contributed by atoms with Crippen molar-refractivity contribution >= 4 is 23.5 Å². The Labute approximate surface area is 142 Å². The van der Waals surface area contributed by atoms with Gasteiger partial charge in [0.15, 0.2) is 0 Å². The third-order valence-electron chi connectivity index (χ3n) is 3.74. The molecule has 2 aromatic carbocycles. The van der Waals surface area contributed by atoms with Crippen LogP contribution in [0, 0.1) is 0 Å². The highest BCUT2D eigenvalue weighted by atomic mass is 32.1. The molecule has 0 bridgehead atoms. The summed E-state index contributed by atoms with van der Waals surface area (Å²) in [6.07, 6.45) is 1.73. The summed E-state index contributed by atoms with van der Waals surface area (Å²) >= 11 is 4.41. The van der Waals surface area contributed by atoms with E-state index in [-0.39, 0.29) is 11.5 Å². The highest BCUT2D eigenvalue weighted by Crippen LogP contribution is 2.35. The van der Waals surface area contributed by atoms with Crippen molar-refractivity contribution in [2.75, 3.05) is 0 Å². The number of phenols is 2. The van der Waals surface area contributed by atoms with Crippen molar-refractivity contribution in [1.82, 2.24) is 20.0 Å². The van der Waals surface area contributed by atoms with Gasteiger partial charge in [0.25, 0.3) is 0 Å². The summed E-state index contributed by atoms with van der Waals surface area (Å²) in [5, 5.41) is 29.1. The van der Waals surface area contributed by atoms with Crippen LogP contribution in [0.4, 0.5) is 0 Å². The summed E-state index contributed by atoms with van der Waals surface area (Å²) in [4.78, 5) is 4.36. The van der Waals surface area contributed by atoms with E-state index in [1.807, 2.05) is 30.3 Å². The maximum Gasteiger partial charge on any atom is 0.145 e. The van der Waals surface area contributed by atoms with Crippen molar-refractivity contribution in [3.8, 4) is 28.4 Å². The summed E-state index contributed by atoms with van der Waals surface area (Å²) in [6, 6.07) is 13.9. The zero-order chi connectivity index (χ0) is 16.7. The van der Waals surface area contributed by atoms with Gasteiger partial charge in [0.2, 0.25) is 0 Å². The van der Waals surface area contributed by atoms with E-state index >= 15 is 0 Å². The largest absolute Gasteiger partial charge is 0.508 e. The first kappa shape index (κ1) is 14.5. The van der Waals surface area contributed by atoms with Gasteiger partial charge in [-0.3, -0.25) is 4.98 Å². The van der Waals surface area contributed by atoms with Crippen LogP contribution in [0.2, 0.25) is 0 Å². The molecule has 2 heterocycles. The topological polar surface area (TPSA) is 84.1 Å². The molecule has 0 spiro atoms. The van der Waals surface area contributed by atoms with Crippen molar-refractivity contribution in [2.45, 2.75) is 5.03 Å². The Morgan fingerprint density at radius 1 is 1.00 bits per heavy atom. The van der Waals surface area contributed by atoms with Crippen molar-refractivity contribution in [3.63, 3.8) is 0 Å². The van der Waals surface area contributed by atoms with E-state index in [1.54, 1.807) is 12.3 Å². The molecule has 0 saturated heterocycles. The van der Waals surface area contributed by atoms with E-state index in [2.05, 4.69) is 27.9 Å². The van der Waals surface area contributed by atoms with Crippen LogP contribution in [-0.4, -0.2) is 30.2 Å². The fourth-order valence-corrected chi connectivity index (χ4v) is 2.93. The third-order valence-corrected chi connectivity index (χ3v) is 4.04. The molecule has 2 N–H and O–H groups in total. The van der Waals surface area contributed by atoms with Crippen LogP contribution < -0.4 is 0 Å². The summed E-state index contributed by atoms with van der Waals surface area (Å²) in [5.41, 5.74) is 2.72. The number of aromatic hydroxyl groups is 2. The molecule has 0 fully saturated rings. The number of hydrogen-bond acceptors (Lipinski definition) is 6. The zero-order valence-electron chi connectivity index (χ0n) is 12.3. The normalized spacial score (nSPS) is 11.0. The molecule has 2 aromatic heterocycles. The van der Waals surface area contributed by atoms with E-state index in [9.17, 15) is 10.2 Å². The Balaban J connectivity index is 2.01. The molecule has 0 radical (unpaired) electrons. The molecule has 0 aliphatic rings. The van der Waals surface area contributed by atoms with Crippen molar-refractivity contribution < 1.29 is 10.2 Å². The van der Waals surface area contributed by atoms with E-state index < -0.39 is 0 Å². The van der Waals surface area contributed by atoms with E-state index in [0.717, 1.165) is 16.5 Å². The smallest absolute Gasteiger partial charge is 0.145 e. The minimum Gasteiger partial charge on any atom is -0.508 e. The minimum atomic E-state index is -0.104. The van der Waals surface area contributed by atoms with Gasteiger partial charge >= 0.3 is 0 Å². The molecule has 0 aliphatic carbocycles. The summed E-state index contributed by atoms with van der Waals surface area (Å²) in [6.45, 7) is 0. The molecule has 4 rings (SSSR count). The fraction of sp³-hybridized carbons (Fsp3) is 0. The molecule has 6 nitrogen and oxygen atoms in total. The number of nitrogens with zero attached hydrogens (tertiary/aromatic N) is 4. The maximum atomic E-state index is 10.2. The molecular formula is C17H12N4O2S. The van der Waals surface area contributed by atoms with Gasteiger partial charge in [-0.25, -0.2) is 4.68 Å². The second-order valence-corrected chi connectivity index (χ2v) is 5.65. The van der Waals surface area contributed by atoms with Gasteiger partial charge in [-0.05, 0) is 24.3 Å². The zero-order valence-corrected chi connectivity index (χ0v) is 13.2. The lowest BCUT2D eigenvalue weighted by molar-refractivity contribution is 0.447. The molecular weight excluding hydrogens is 324 g/mol. The van der Waals surface area contributed by atoms with Crippen molar-refractivity contribution in [1.29, 1.82) is 0 Å². The molecule has 118 valence electrons. The number of hydrogen-bond donors (Lipinski definition) is 3. The Bertz CT molecular complexity index is 1060. The number of thiol groups is 1. The van der Waals surface area contributed by atoms with Gasteiger partial charge in [-0.1, -0.05) is 23.4 Å². The summed E-state index contributed by atoms with van der Waals surface area (Å²) in [7, 11) is 0. The van der Waals surface area contributed by atoms with E-state index in [1.165, 1.54) is 16.8 Å². The van der Waals surface area contributed by atoms with Crippen LogP contribution in [0.3, 0.4) is 0 Å². The van der Waals surface area contributed by atoms with Gasteiger partial charge in [0.1, 0.15) is 27.9 Å². The van der Waals surface area contributed by atoms with E-state index in [4.69, 9.17) is 0 Å². The van der Waals surface area contributed by atoms with Gasteiger partial charge < -0.3 is 10.2 Å². The highest BCUT2D eigenvalue weighted by Gasteiger charge is 2.18. The van der Waals surface area contributed by atoms with Crippen LogP contribution >= 0.6 is 12.6 Å². The Morgan fingerprint density at radius 2 is 1.88 bits per heavy atom. The number of rotatable bonds is 2. The lowest BCUT2D eigenvalue weighted by atomic mass is 10.1. The van der Waals surface area contributed by atoms with Crippen LogP contribution in [0.15, 0.2) is 59.8 Å². The molecule has 7 heteroatoms. The highest BCUT2D eigenvalue weighted by molar-refractivity contribution is 7.80. The van der Waals surface area contributed by atoms with E-state index in [0.29, 0.717) is 16.4 Å². The standard InChI is InChI=1S/C17H12N4O2S/c22-10-6-7-14(15(23)9-10)21-16(17(24)19-20-21)12-3-1-5-13-11(12)4-2-8-18-13/h1-9,22-24H. The number of pyridine rings is 1. The number of fused-ring (bicyclic) bond motifs is 1. The third kappa shape index (κ3) is 2.26. The predicted molar refractivity (Wildman–Crippen MR) is 92.7 cm³/mol. The Kier molecular flexibility index (Phi) is 3.35. The lowest BCUT2D eigenvalue weighted by Crippen LogP contribution is -2.00. The average Bonchev–Trinajstić information content (AvgIpc) is 2.95. The number of aromatic nitrogens is 4. The quantitative estimate of drug-likeness (QED) is 0.490. The molecule has 0 atom stereocenters. The lowest BCUT2D eigenvalue weighted by Gasteiger charge is -2.11. The molecule has 4 aromatic rings. The van der Waals surface area contributed by atoms with Gasteiger partial charge in [0.05, 0.1) is 5.52 Å². The maximum absolute atomic E-state index is 10.2. The first-order valence-corrected chi connectivity index (χ1v) is 7.61. The van der Waals surface area contributed by atoms with Crippen molar-refractivity contribution in [2.24, 2.45) is 0 Å². The van der Waals surface area contributed by atoms with Crippen LogP contribution in [0.5, 0.6) is 11.5 Å². The van der Waals surface area contributed by atoms with Gasteiger partial charge in [0, 0.05) is 23.2 Å². The van der Waals surface area contributed by atoms with Gasteiger partial charge in [-0.2, -0.15) is 0 Å². The second-order valence-electron chi connectivity index (χ2n) is 5.22. The number of benzene rings is 2. The van der Waals surface area contributed by atoms with Crippen molar-refractivity contribution in [3.05, 3.63) is 54.7 Å². The van der Waals surface area contributed by atoms with Crippen LogP contribution in [0.25, 0.3) is 27.8 Å². The van der Waals surface area contributed by atoms with Crippen LogP contribution in [0.1, 0.15) is 0 Å². The molecule has 0 aliphatic heterocycles. The Morgan fingerprint density at radius 3 is 2.71 bits per heavy atom. The molecule has 0 amide bonds. The molecule has 0 saturated carbocycles. The average molecular weight is 336 g/mol. The monoisotopic (exact) mass is 336 g/mol. The molecule has 24 heavy (non-hydrogen) atoms. The molecule has 0 unspecified atom stereocenters. The number of phenolic OH excluding ortho intramolecular Hbond substituents is 2. The first-order valence-electron chi connectivity index (χ1n) is 7.16.